The van der Waals surface area contributed by atoms with Crippen molar-refractivity contribution in [1.29, 1.82) is 0 Å². The van der Waals surface area contributed by atoms with E-state index in [0.717, 1.165) is 45.2 Å². The fraction of sp³-hybridized carbons (Fsp3) is 0.857. The lowest BCUT2D eigenvalue weighted by Gasteiger charge is -2.28. The van der Waals surface area contributed by atoms with Crippen molar-refractivity contribution in [3.63, 3.8) is 0 Å². The van der Waals surface area contributed by atoms with Crippen molar-refractivity contribution in [3.05, 3.63) is 0 Å². The summed E-state index contributed by atoms with van der Waals surface area (Å²) in [6.07, 6.45) is 6.00. The minimum Gasteiger partial charge on any atom is -0.480 e. The van der Waals surface area contributed by atoms with Gasteiger partial charge in [0.25, 0.3) is 0 Å². The molecule has 1 aliphatic carbocycles. The lowest BCUT2D eigenvalue weighted by Crippen LogP contribution is -2.52. The second kappa shape index (κ2) is 6.92. The number of likely N-dealkylation sites (tertiary alicyclic amines) is 1. The number of hydrogen-bond acceptors (Lipinski definition) is 3. The summed E-state index contributed by atoms with van der Waals surface area (Å²) in [5.74, 6) is -0.853. The summed E-state index contributed by atoms with van der Waals surface area (Å²) in [4.78, 5) is 25.5. The molecule has 1 aliphatic heterocycles. The normalized spacial score (nSPS) is 26.1. The van der Waals surface area contributed by atoms with Gasteiger partial charge in [0, 0.05) is 12.6 Å². The van der Waals surface area contributed by atoms with Crippen LogP contribution in [0.15, 0.2) is 0 Å². The number of nitrogens with zero attached hydrogens (tertiary/aromatic N) is 1. The number of hydrogen-bond donors (Lipinski definition) is 3. The van der Waals surface area contributed by atoms with Crippen LogP contribution in [0.5, 0.6) is 0 Å². The van der Waals surface area contributed by atoms with Gasteiger partial charge in [0.1, 0.15) is 6.04 Å². The third-order valence-corrected chi connectivity index (χ3v) is 4.40. The number of amides is 2. The maximum Gasteiger partial charge on any atom is 0.326 e. The van der Waals surface area contributed by atoms with Crippen molar-refractivity contribution in [2.24, 2.45) is 5.92 Å². The Morgan fingerprint density at radius 2 is 1.90 bits per heavy atom. The molecular formula is C14H25N3O3. The van der Waals surface area contributed by atoms with E-state index in [9.17, 15) is 14.7 Å². The fourth-order valence-electron chi connectivity index (χ4n) is 3.27. The van der Waals surface area contributed by atoms with Crippen LogP contribution >= 0.6 is 0 Å². The van der Waals surface area contributed by atoms with E-state index >= 15 is 0 Å². The van der Waals surface area contributed by atoms with Crippen LogP contribution in [0.2, 0.25) is 0 Å². The van der Waals surface area contributed by atoms with Gasteiger partial charge < -0.3 is 20.6 Å². The average Bonchev–Trinajstić information content (AvgIpc) is 2.82. The molecular weight excluding hydrogens is 258 g/mol. The van der Waals surface area contributed by atoms with E-state index in [2.05, 4.69) is 15.5 Å². The molecule has 0 aromatic rings. The van der Waals surface area contributed by atoms with Gasteiger partial charge in [-0.3, -0.25) is 0 Å². The lowest BCUT2D eigenvalue weighted by molar-refractivity contribution is -0.141. The molecule has 1 saturated carbocycles. The summed E-state index contributed by atoms with van der Waals surface area (Å²) in [5.41, 5.74) is 0. The number of carboxylic acids is 1. The first-order chi connectivity index (χ1) is 9.56. The number of carbonyl (C=O) groups excluding carboxylic acids is 1. The highest BCUT2D eigenvalue weighted by atomic mass is 16.4. The summed E-state index contributed by atoms with van der Waals surface area (Å²) in [6, 6.07) is -0.974. The molecule has 0 aromatic heterocycles. The van der Waals surface area contributed by atoms with Crippen LogP contribution in [0, 0.1) is 5.92 Å². The molecule has 0 radical (unpaired) electrons. The first-order valence-electron chi connectivity index (χ1n) is 7.54. The Kier molecular flexibility index (Phi) is 5.23. The number of rotatable bonds is 4. The Hall–Kier alpha value is -1.30. The van der Waals surface area contributed by atoms with Gasteiger partial charge in [-0.05, 0) is 38.8 Å². The monoisotopic (exact) mass is 283 g/mol. The molecule has 1 saturated heterocycles. The van der Waals surface area contributed by atoms with E-state index in [0.29, 0.717) is 0 Å². The molecule has 0 bridgehead atoms. The van der Waals surface area contributed by atoms with Crippen molar-refractivity contribution >= 4 is 12.0 Å². The highest BCUT2D eigenvalue weighted by molar-refractivity contribution is 5.82. The smallest absolute Gasteiger partial charge is 0.326 e. The molecule has 2 atom stereocenters. The topological polar surface area (TPSA) is 81.7 Å². The first-order valence-corrected chi connectivity index (χ1v) is 7.54. The predicted molar refractivity (Wildman–Crippen MR) is 75.6 cm³/mol. The molecule has 0 spiro atoms. The lowest BCUT2D eigenvalue weighted by atomic mass is 9.84. The summed E-state index contributed by atoms with van der Waals surface area (Å²) >= 11 is 0. The van der Waals surface area contributed by atoms with E-state index in [1.807, 2.05) is 7.05 Å². The standard InChI is InChI=1S/C14H25N3O3/c1-17-8-7-11(9-17)15-14(20)16-12(13(18)19)10-5-3-2-4-6-10/h10-12H,2-9H2,1H3,(H,18,19)(H2,15,16,20). The van der Waals surface area contributed by atoms with Crippen LogP contribution < -0.4 is 10.6 Å². The van der Waals surface area contributed by atoms with Crippen LogP contribution in [0.25, 0.3) is 0 Å². The molecule has 2 rings (SSSR count). The zero-order valence-corrected chi connectivity index (χ0v) is 12.1. The second-order valence-corrected chi connectivity index (χ2v) is 6.08. The minimum atomic E-state index is -0.921. The van der Waals surface area contributed by atoms with Gasteiger partial charge in [-0.2, -0.15) is 0 Å². The molecule has 1 heterocycles. The van der Waals surface area contributed by atoms with Gasteiger partial charge in [0.15, 0.2) is 0 Å². The minimum absolute atomic E-state index is 0.0678. The quantitative estimate of drug-likeness (QED) is 0.719. The van der Waals surface area contributed by atoms with Crippen LogP contribution in [0.3, 0.4) is 0 Å². The molecule has 20 heavy (non-hydrogen) atoms. The molecule has 2 fully saturated rings. The Bertz CT molecular complexity index is 356. The second-order valence-electron chi connectivity index (χ2n) is 6.08. The molecule has 2 unspecified atom stereocenters. The fourth-order valence-corrected chi connectivity index (χ4v) is 3.27. The molecule has 0 aromatic carbocycles. The number of carbonyl (C=O) groups is 2. The molecule has 6 nitrogen and oxygen atoms in total. The first kappa shape index (κ1) is 15.1. The number of urea groups is 1. The number of likely N-dealkylation sites (N-methyl/N-ethyl adjacent to an activating group) is 1. The van der Waals surface area contributed by atoms with E-state index in [-0.39, 0.29) is 18.0 Å². The summed E-state index contributed by atoms with van der Waals surface area (Å²) < 4.78 is 0. The highest BCUT2D eigenvalue weighted by Crippen LogP contribution is 2.26. The molecule has 2 amide bonds. The van der Waals surface area contributed by atoms with Crippen molar-refractivity contribution in [3.8, 4) is 0 Å². The zero-order chi connectivity index (χ0) is 14.5. The zero-order valence-electron chi connectivity index (χ0n) is 12.1. The number of nitrogens with one attached hydrogen (secondary N) is 2. The molecule has 6 heteroatoms. The molecule has 3 N–H and O–H groups in total. The van der Waals surface area contributed by atoms with Crippen LogP contribution in [-0.4, -0.2) is 54.2 Å². The average molecular weight is 283 g/mol. The van der Waals surface area contributed by atoms with E-state index in [1.54, 1.807) is 0 Å². The van der Waals surface area contributed by atoms with Crippen molar-refractivity contribution in [1.82, 2.24) is 15.5 Å². The van der Waals surface area contributed by atoms with Gasteiger partial charge in [-0.25, -0.2) is 9.59 Å². The van der Waals surface area contributed by atoms with E-state index < -0.39 is 12.0 Å². The predicted octanol–water partition coefficient (Wildman–Crippen LogP) is 1.02. The van der Waals surface area contributed by atoms with E-state index in [4.69, 9.17) is 0 Å². The third kappa shape index (κ3) is 4.10. The summed E-state index contributed by atoms with van der Waals surface area (Å²) in [5, 5.41) is 14.9. The number of carboxylic acid groups (broad SMARTS) is 1. The maximum absolute atomic E-state index is 12.0. The summed E-state index contributed by atoms with van der Waals surface area (Å²) in [6.45, 7) is 1.80. The number of aliphatic carboxylic acids is 1. The highest BCUT2D eigenvalue weighted by Gasteiger charge is 2.31. The Labute approximate surface area is 119 Å². The molecule has 114 valence electrons. The Balaban J connectivity index is 1.84. The van der Waals surface area contributed by atoms with Gasteiger partial charge >= 0.3 is 12.0 Å². The van der Waals surface area contributed by atoms with Crippen LogP contribution in [0.1, 0.15) is 38.5 Å². The third-order valence-electron chi connectivity index (χ3n) is 4.40. The largest absolute Gasteiger partial charge is 0.480 e. The van der Waals surface area contributed by atoms with E-state index in [1.165, 1.54) is 6.42 Å². The van der Waals surface area contributed by atoms with Crippen LogP contribution in [-0.2, 0) is 4.79 Å². The Morgan fingerprint density at radius 3 is 2.45 bits per heavy atom. The van der Waals surface area contributed by atoms with Gasteiger partial charge in [-0.15, -0.1) is 0 Å². The van der Waals surface area contributed by atoms with Crippen LogP contribution in [0.4, 0.5) is 4.79 Å². The van der Waals surface area contributed by atoms with Gasteiger partial charge in [0.05, 0.1) is 0 Å². The van der Waals surface area contributed by atoms with Crippen molar-refractivity contribution < 1.29 is 14.7 Å². The van der Waals surface area contributed by atoms with Crippen molar-refractivity contribution in [2.75, 3.05) is 20.1 Å². The Morgan fingerprint density at radius 1 is 1.20 bits per heavy atom. The SMILES string of the molecule is CN1CCC(NC(=O)NC(C(=O)O)C2CCCCC2)C1. The van der Waals surface area contributed by atoms with Gasteiger partial charge in [-0.1, -0.05) is 19.3 Å². The van der Waals surface area contributed by atoms with Gasteiger partial charge in [0.2, 0.25) is 0 Å². The van der Waals surface area contributed by atoms with Crippen molar-refractivity contribution in [2.45, 2.75) is 50.6 Å². The molecule has 2 aliphatic rings. The summed E-state index contributed by atoms with van der Waals surface area (Å²) in [7, 11) is 2.02. The maximum atomic E-state index is 12.0.